The summed E-state index contributed by atoms with van der Waals surface area (Å²) >= 11 is 5.95. The number of hydrogen-bond acceptors (Lipinski definition) is 5. The fourth-order valence-electron chi connectivity index (χ4n) is 1.75. The van der Waals surface area contributed by atoms with Crippen LogP contribution in [0.25, 0.3) is 0 Å². The molecule has 104 valence electrons. The van der Waals surface area contributed by atoms with Gasteiger partial charge in [0.1, 0.15) is 0 Å². The summed E-state index contributed by atoms with van der Waals surface area (Å²) in [4.78, 5) is 0. The van der Waals surface area contributed by atoms with Crippen LogP contribution in [-0.4, -0.2) is 49.2 Å². The Morgan fingerprint density at radius 1 is 1.47 bits per heavy atom. The lowest BCUT2D eigenvalue weighted by atomic mass is 10.2. The Bertz CT molecular complexity index is 459. The van der Waals surface area contributed by atoms with Gasteiger partial charge in [-0.05, 0) is 24.6 Å². The van der Waals surface area contributed by atoms with Crippen molar-refractivity contribution in [3.8, 4) is 11.5 Å². The summed E-state index contributed by atoms with van der Waals surface area (Å²) in [7, 11) is 0. The maximum Gasteiger partial charge on any atom is 0.176 e. The molecule has 1 aliphatic heterocycles. The molecule has 0 unspecified atom stereocenters. The summed E-state index contributed by atoms with van der Waals surface area (Å²) in [5.74, 6) is 0.338. The molecule has 5 nitrogen and oxygen atoms in total. The molecule has 0 atom stereocenters. The first-order chi connectivity index (χ1) is 9.20. The van der Waals surface area contributed by atoms with Crippen LogP contribution in [0.4, 0.5) is 0 Å². The van der Waals surface area contributed by atoms with E-state index in [1.54, 1.807) is 18.3 Å². The van der Waals surface area contributed by atoms with Gasteiger partial charge in [-0.2, -0.15) is 5.10 Å². The van der Waals surface area contributed by atoms with Gasteiger partial charge in [-0.25, -0.2) is 0 Å². The number of phenolic OH excluding ortho intramolecular Hbond substituents is 1. The van der Waals surface area contributed by atoms with E-state index in [9.17, 15) is 5.11 Å². The largest absolute Gasteiger partial charge is 0.503 e. The fourth-order valence-corrected chi connectivity index (χ4v) is 1.97. The number of morpholine rings is 1. The second-order valence-corrected chi connectivity index (χ2v) is 4.50. The third-order valence-electron chi connectivity index (χ3n) is 2.71. The molecule has 1 N–H and O–H groups in total. The van der Waals surface area contributed by atoms with E-state index < -0.39 is 0 Å². The molecule has 19 heavy (non-hydrogen) atoms. The fraction of sp³-hybridized carbons (Fsp3) is 0.462. The van der Waals surface area contributed by atoms with Crippen molar-refractivity contribution >= 4 is 17.8 Å². The van der Waals surface area contributed by atoms with Crippen molar-refractivity contribution in [3.05, 3.63) is 22.7 Å². The van der Waals surface area contributed by atoms with Gasteiger partial charge in [-0.15, -0.1) is 0 Å². The minimum Gasteiger partial charge on any atom is -0.503 e. The second-order valence-electron chi connectivity index (χ2n) is 4.09. The smallest absolute Gasteiger partial charge is 0.176 e. The molecule has 1 aliphatic rings. The number of aromatic hydroxyl groups is 1. The van der Waals surface area contributed by atoms with Crippen LogP contribution in [0.1, 0.15) is 12.5 Å². The summed E-state index contributed by atoms with van der Waals surface area (Å²) in [5.41, 5.74) is 0.790. The molecule has 1 saturated heterocycles. The van der Waals surface area contributed by atoms with Gasteiger partial charge in [0.05, 0.1) is 44.1 Å². The van der Waals surface area contributed by atoms with Gasteiger partial charge in [0.2, 0.25) is 0 Å². The van der Waals surface area contributed by atoms with Crippen molar-refractivity contribution in [1.29, 1.82) is 0 Å². The maximum atomic E-state index is 9.74. The number of benzene rings is 1. The number of halogens is 1. The molecule has 6 heteroatoms. The Balaban J connectivity index is 2.13. The van der Waals surface area contributed by atoms with Crippen LogP contribution in [0.2, 0.25) is 5.02 Å². The third-order valence-corrected chi connectivity index (χ3v) is 3.00. The molecule has 0 radical (unpaired) electrons. The van der Waals surface area contributed by atoms with Crippen molar-refractivity contribution < 1.29 is 14.6 Å². The molecule has 0 bridgehead atoms. The van der Waals surface area contributed by atoms with Gasteiger partial charge in [0.25, 0.3) is 0 Å². The number of phenols is 1. The van der Waals surface area contributed by atoms with Crippen molar-refractivity contribution in [2.75, 3.05) is 32.9 Å². The molecular formula is C13H17ClN2O3. The summed E-state index contributed by atoms with van der Waals surface area (Å²) in [6.45, 7) is 5.26. The van der Waals surface area contributed by atoms with Gasteiger partial charge in [-0.3, -0.25) is 5.01 Å². The number of nitrogens with zero attached hydrogens (tertiary/aromatic N) is 2. The van der Waals surface area contributed by atoms with Gasteiger partial charge >= 0.3 is 0 Å². The summed E-state index contributed by atoms with van der Waals surface area (Å²) < 4.78 is 10.6. The Hall–Kier alpha value is -1.46. The van der Waals surface area contributed by atoms with E-state index in [2.05, 4.69) is 5.10 Å². The van der Waals surface area contributed by atoms with Crippen LogP contribution in [0.5, 0.6) is 11.5 Å². The first-order valence-electron chi connectivity index (χ1n) is 6.22. The third kappa shape index (κ3) is 3.75. The second kappa shape index (κ2) is 6.63. The van der Waals surface area contributed by atoms with Crippen molar-refractivity contribution in [2.24, 2.45) is 5.10 Å². The number of rotatable bonds is 4. The van der Waals surface area contributed by atoms with Gasteiger partial charge < -0.3 is 14.6 Å². The molecule has 0 amide bonds. The monoisotopic (exact) mass is 284 g/mol. The van der Waals surface area contributed by atoms with Gasteiger partial charge in [-0.1, -0.05) is 11.6 Å². The zero-order chi connectivity index (χ0) is 13.7. The van der Waals surface area contributed by atoms with E-state index in [4.69, 9.17) is 21.1 Å². The van der Waals surface area contributed by atoms with Crippen LogP contribution >= 0.6 is 11.6 Å². The van der Waals surface area contributed by atoms with Gasteiger partial charge in [0, 0.05) is 0 Å². The highest BCUT2D eigenvalue weighted by Gasteiger charge is 2.10. The number of hydrogen-bond donors (Lipinski definition) is 1. The molecular weight excluding hydrogens is 268 g/mol. The molecule has 0 spiro atoms. The highest BCUT2D eigenvalue weighted by atomic mass is 35.5. The van der Waals surface area contributed by atoms with E-state index in [0.29, 0.717) is 25.6 Å². The quantitative estimate of drug-likeness (QED) is 0.861. The minimum absolute atomic E-state index is 0.0351. The lowest BCUT2D eigenvalue weighted by Gasteiger charge is -2.23. The molecule has 0 aromatic heterocycles. The van der Waals surface area contributed by atoms with E-state index in [0.717, 1.165) is 18.7 Å². The van der Waals surface area contributed by atoms with Crippen LogP contribution < -0.4 is 4.74 Å². The average molecular weight is 285 g/mol. The van der Waals surface area contributed by atoms with E-state index in [1.165, 1.54) is 0 Å². The topological polar surface area (TPSA) is 54.3 Å². The lowest BCUT2D eigenvalue weighted by Crippen LogP contribution is -2.32. The maximum absolute atomic E-state index is 9.74. The normalized spacial score (nSPS) is 16.0. The molecule has 1 heterocycles. The van der Waals surface area contributed by atoms with Crippen LogP contribution in [0.15, 0.2) is 17.2 Å². The minimum atomic E-state index is -0.0351. The van der Waals surface area contributed by atoms with Gasteiger partial charge in [0.15, 0.2) is 11.5 Å². The zero-order valence-electron chi connectivity index (χ0n) is 10.8. The van der Waals surface area contributed by atoms with Crippen molar-refractivity contribution in [2.45, 2.75) is 6.92 Å². The molecule has 0 aliphatic carbocycles. The van der Waals surface area contributed by atoms with Crippen LogP contribution in [0.3, 0.4) is 0 Å². The Morgan fingerprint density at radius 3 is 2.89 bits per heavy atom. The standard InChI is InChI=1S/C13H17ClN2O3/c1-2-19-12-8-10(7-11(14)13(12)17)9-15-16-3-5-18-6-4-16/h7-9,17H,2-6H2,1H3/b15-9+. The summed E-state index contributed by atoms with van der Waals surface area (Å²) in [6, 6.07) is 3.37. The molecule has 2 rings (SSSR count). The molecule has 0 saturated carbocycles. The van der Waals surface area contributed by atoms with Crippen LogP contribution in [0, 0.1) is 0 Å². The summed E-state index contributed by atoms with van der Waals surface area (Å²) in [5, 5.41) is 16.3. The van der Waals surface area contributed by atoms with Crippen LogP contribution in [-0.2, 0) is 4.74 Å². The predicted octanol–water partition coefficient (Wildman–Crippen LogP) is 2.11. The zero-order valence-corrected chi connectivity index (χ0v) is 11.6. The first-order valence-corrected chi connectivity index (χ1v) is 6.60. The molecule has 1 fully saturated rings. The Morgan fingerprint density at radius 2 is 2.21 bits per heavy atom. The van der Waals surface area contributed by atoms with E-state index in [1.807, 2.05) is 11.9 Å². The highest BCUT2D eigenvalue weighted by Crippen LogP contribution is 2.34. The number of hydrazone groups is 1. The average Bonchev–Trinajstić information content (AvgIpc) is 2.43. The first kappa shape index (κ1) is 14.0. The molecule has 1 aromatic rings. The van der Waals surface area contributed by atoms with E-state index in [-0.39, 0.29) is 10.8 Å². The number of ether oxygens (including phenoxy) is 2. The predicted molar refractivity (Wildman–Crippen MR) is 74.3 cm³/mol. The van der Waals surface area contributed by atoms with Crippen molar-refractivity contribution in [1.82, 2.24) is 5.01 Å². The Kier molecular flexibility index (Phi) is 4.87. The molecule has 1 aromatic carbocycles. The lowest BCUT2D eigenvalue weighted by molar-refractivity contribution is 0.0397. The summed E-state index contributed by atoms with van der Waals surface area (Å²) in [6.07, 6.45) is 1.71. The van der Waals surface area contributed by atoms with Crippen molar-refractivity contribution in [3.63, 3.8) is 0 Å². The SMILES string of the molecule is CCOc1cc(/C=N/N2CCOCC2)cc(Cl)c1O. The Labute approximate surface area is 117 Å². The highest BCUT2D eigenvalue weighted by molar-refractivity contribution is 6.32. The van der Waals surface area contributed by atoms with E-state index >= 15 is 0 Å².